The highest BCUT2D eigenvalue weighted by Gasteiger charge is 2.16. The summed E-state index contributed by atoms with van der Waals surface area (Å²) in [6.07, 6.45) is 2.23. The van der Waals surface area contributed by atoms with Crippen LogP contribution in [0.4, 0.5) is 0 Å². The van der Waals surface area contributed by atoms with Crippen molar-refractivity contribution < 1.29 is 13.9 Å². The quantitative estimate of drug-likeness (QED) is 0.701. The van der Waals surface area contributed by atoms with Gasteiger partial charge in [-0.15, -0.1) is 0 Å². The lowest BCUT2D eigenvalue weighted by atomic mass is 10.2. The lowest BCUT2D eigenvalue weighted by Gasteiger charge is -2.19. The summed E-state index contributed by atoms with van der Waals surface area (Å²) in [5.74, 6) is 1.12. The van der Waals surface area contributed by atoms with Gasteiger partial charge in [-0.05, 0) is 38.9 Å². The van der Waals surface area contributed by atoms with Crippen LogP contribution < -0.4 is 0 Å². The maximum atomic E-state index is 11.5. The minimum absolute atomic E-state index is 0.333. The van der Waals surface area contributed by atoms with E-state index >= 15 is 0 Å². The predicted octanol–water partition coefficient (Wildman–Crippen LogP) is 3.00. The Bertz CT molecular complexity index is 378. The van der Waals surface area contributed by atoms with Crippen molar-refractivity contribution in [2.45, 2.75) is 40.2 Å². The number of rotatable bonds is 7. The standard InChI is InChI=1S/C14H23NO3/c1-5-7-15(8-6-2)10-12-9-13(11(3)18-12)14(16)17-4/h9H,5-8,10H2,1-4H3. The molecule has 0 aliphatic heterocycles. The number of esters is 1. The molecule has 1 heterocycles. The molecule has 4 heteroatoms. The van der Waals surface area contributed by atoms with E-state index in [4.69, 9.17) is 9.15 Å². The van der Waals surface area contributed by atoms with Gasteiger partial charge in [-0.1, -0.05) is 13.8 Å². The molecule has 4 nitrogen and oxygen atoms in total. The average Bonchev–Trinajstić information content (AvgIpc) is 2.70. The molecule has 0 saturated carbocycles. The van der Waals surface area contributed by atoms with E-state index in [0.29, 0.717) is 11.3 Å². The molecule has 0 aliphatic carbocycles. The molecule has 18 heavy (non-hydrogen) atoms. The van der Waals surface area contributed by atoms with E-state index in [1.54, 1.807) is 13.0 Å². The normalized spacial score (nSPS) is 10.9. The molecule has 0 saturated heterocycles. The van der Waals surface area contributed by atoms with Crippen LogP contribution in [0.15, 0.2) is 10.5 Å². The first-order valence-electron chi connectivity index (χ1n) is 6.52. The largest absolute Gasteiger partial charge is 0.465 e. The van der Waals surface area contributed by atoms with Gasteiger partial charge in [-0.2, -0.15) is 0 Å². The number of aryl methyl sites for hydroxylation is 1. The number of nitrogens with zero attached hydrogens (tertiary/aromatic N) is 1. The van der Waals surface area contributed by atoms with Crippen LogP contribution in [-0.2, 0) is 11.3 Å². The Hall–Kier alpha value is -1.29. The van der Waals surface area contributed by atoms with Crippen LogP contribution in [0.3, 0.4) is 0 Å². The molecular weight excluding hydrogens is 230 g/mol. The topological polar surface area (TPSA) is 42.7 Å². The van der Waals surface area contributed by atoms with E-state index < -0.39 is 0 Å². The van der Waals surface area contributed by atoms with Gasteiger partial charge in [0.05, 0.1) is 13.7 Å². The molecule has 0 aliphatic rings. The zero-order valence-corrected chi connectivity index (χ0v) is 11.8. The van der Waals surface area contributed by atoms with E-state index in [9.17, 15) is 4.79 Å². The Morgan fingerprint density at radius 2 is 1.94 bits per heavy atom. The van der Waals surface area contributed by atoms with Gasteiger partial charge in [0.25, 0.3) is 0 Å². The molecular formula is C14H23NO3. The predicted molar refractivity (Wildman–Crippen MR) is 70.6 cm³/mol. The molecule has 0 atom stereocenters. The maximum Gasteiger partial charge on any atom is 0.341 e. The summed E-state index contributed by atoms with van der Waals surface area (Å²) in [5, 5.41) is 0. The van der Waals surface area contributed by atoms with Crippen molar-refractivity contribution in [3.05, 3.63) is 23.2 Å². The fraction of sp³-hybridized carbons (Fsp3) is 0.643. The highest BCUT2D eigenvalue weighted by Crippen LogP contribution is 2.17. The average molecular weight is 253 g/mol. The Balaban J connectivity index is 2.74. The van der Waals surface area contributed by atoms with Gasteiger partial charge in [0.1, 0.15) is 17.1 Å². The van der Waals surface area contributed by atoms with E-state index in [1.807, 2.05) is 0 Å². The summed E-state index contributed by atoms with van der Waals surface area (Å²) in [4.78, 5) is 13.8. The van der Waals surface area contributed by atoms with Crippen molar-refractivity contribution in [1.29, 1.82) is 0 Å². The van der Waals surface area contributed by atoms with Crippen LogP contribution >= 0.6 is 0 Å². The molecule has 0 N–H and O–H groups in total. The Labute approximate surface area is 109 Å². The van der Waals surface area contributed by atoms with Crippen LogP contribution in [0.1, 0.15) is 48.6 Å². The lowest BCUT2D eigenvalue weighted by molar-refractivity contribution is 0.0599. The molecule has 102 valence electrons. The third kappa shape index (κ3) is 3.88. The van der Waals surface area contributed by atoms with E-state index in [1.165, 1.54) is 7.11 Å². The molecule has 0 fully saturated rings. The SMILES string of the molecule is CCCN(CCC)Cc1cc(C(=O)OC)c(C)o1. The highest BCUT2D eigenvalue weighted by molar-refractivity contribution is 5.90. The van der Waals surface area contributed by atoms with Crippen molar-refractivity contribution >= 4 is 5.97 Å². The summed E-state index contributed by atoms with van der Waals surface area (Å²) in [6, 6.07) is 1.79. The van der Waals surface area contributed by atoms with Crippen LogP contribution in [-0.4, -0.2) is 31.1 Å². The number of furan rings is 1. The van der Waals surface area contributed by atoms with Gasteiger partial charge >= 0.3 is 5.97 Å². The summed E-state index contributed by atoms with van der Waals surface area (Å²) in [7, 11) is 1.38. The molecule has 0 bridgehead atoms. The Morgan fingerprint density at radius 3 is 2.44 bits per heavy atom. The summed E-state index contributed by atoms with van der Waals surface area (Å²) < 4.78 is 10.3. The molecule has 0 aromatic carbocycles. The van der Waals surface area contributed by atoms with Crippen molar-refractivity contribution in [3.63, 3.8) is 0 Å². The molecule has 0 amide bonds. The molecule has 1 rings (SSSR count). The smallest absolute Gasteiger partial charge is 0.341 e. The minimum Gasteiger partial charge on any atom is -0.465 e. The van der Waals surface area contributed by atoms with E-state index in [-0.39, 0.29) is 5.97 Å². The third-order valence-electron chi connectivity index (χ3n) is 2.83. The molecule has 0 unspecified atom stereocenters. The monoisotopic (exact) mass is 253 g/mol. The van der Waals surface area contributed by atoms with Gasteiger partial charge in [-0.3, -0.25) is 4.90 Å². The molecule has 1 aromatic rings. The van der Waals surface area contributed by atoms with Crippen molar-refractivity contribution in [1.82, 2.24) is 4.90 Å². The van der Waals surface area contributed by atoms with Crippen LogP contribution in [0.25, 0.3) is 0 Å². The summed E-state index contributed by atoms with van der Waals surface area (Å²) >= 11 is 0. The van der Waals surface area contributed by atoms with E-state index in [0.717, 1.165) is 38.2 Å². The maximum absolute atomic E-state index is 11.5. The Kier molecular flexibility index (Phi) is 5.92. The lowest BCUT2D eigenvalue weighted by Crippen LogP contribution is -2.24. The second-order valence-electron chi connectivity index (χ2n) is 4.45. The number of ether oxygens (including phenoxy) is 1. The summed E-state index contributed by atoms with van der Waals surface area (Å²) in [5.41, 5.74) is 0.528. The van der Waals surface area contributed by atoms with Crippen LogP contribution in [0.5, 0.6) is 0 Å². The summed E-state index contributed by atoms with van der Waals surface area (Å²) in [6.45, 7) is 8.95. The first kappa shape index (κ1) is 14.8. The second kappa shape index (κ2) is 7.21. The second-order valence-corrected chi connectivity index (χ2v) is 4.45. The minimum atomic E-state index is -0.333. The zero-order chi connectivity index (χ0) is 13.5. The Morgan fingerprint density at radius 1 is 1.33 bits per heavy atom. The first-order valence-corrected chi connectivity index (χ1v) is 6.52. The van der Waals surface area contributed by atoms with Crippen LogP contribution in [0, 0.1) is 6.92 Å². The van der Waals surface area contributed by atoms with Crippen molar-refractivity contribution in [2.75, 3.05) is 20.2 Å². The van der Waals surface area contributed by atoms with E-state index in [2.05, 4.69) is 18.7 Å². The number of hydrogen-bond donors (Lipinski definition) is 0. The van der Waals surface area contributed by atoms with Gasteiger partial charge in [0.15, 0.2) is 0 Å². The van der Waals surface area contributed by atoms with Gasteiger partial charge < -0.3 is 9.15 Å². The fourth-order valence-electron chi connectivity index (χ4n) is 2.06. The van der Waals surface area contributed by atoms with Gasteiger partial charge in [0, 0.05) is 0 Å². The fourth-order valence-corrected chi connectivity index (χ4v) is 2.06. The highest BCUT2D eigenvalue weighted by atomic mass is 16.5. The zero-order valence-electron chi connectivity index (χ0n) is 11.8. The molecule has 0 spiro atoms. The molecule has 1 aromatic heterocycles. The molecule has 0 radical (unpaired) electrons. The van der Waals surface area contributed by atoms with Crippen molar-refractivity contribution in [2.24, 2.45) is 0 Å². The number of carbonyl (C=O) groups excluding carboxylic acids is 1. The number of methoxy groups -OCH3 is 1. The third-order valence-corrected chi connectivity index (χ3v) is 2.83. The van der Waals surface area contributed by atoms with Gasteiger partial charge in [-0.25, -0.2) is 4.79 Å². The van der Waals surface area contributed by atoms with Gasteiger partial charge in [0.2, 0.25) is 0 Å². The van der Waals surface area contributed by atoms with Crippen molar-refractivity contribution in [3.8, 4) is 0 Å². The first-order chi connectivity index (χ1) is 8.62. The number of hydrogen-bond acceptors (Lipinski definition) is 4. The number of carbonyl (C=O) groups is 1. The van der Waals surface area contributed by atoms with Crippen LogP contribution in [0.2, 0.25) is 0 Å².